The predicted octanol–water partition coefficient (Wildman–Crippen LogP) is 3.39. The molecule has 0 heterocycles. The first-order valence-electron chi connectivity index (χ1n) is 4.64. The summed E-state index contributed by atoms with van der Waals surface area (Å²) < 4.78 is 6.94. The zero-order chi connectivity index (χ0) is 9.26. The molecule has 0 N–H and O–H groups in total. The topological polar surface area (TPSA) is 9.23 Å². The van der Waals surface area contributed by atoms with Crippen LogP contribution in [0.1, 0.15) is 18.4 Å². The molecule has 0 saturated heterocycles. The molecule has 0 aromatic heterocycles. The van der Waals surface area contributed by atoms with Crippen molar-refractivity contribution in [3.8, 4) is 5.75 Å². The van der Waals surface area contributed by atoms with E-state index in [1.165, 1.54) is 22.0 Å². The lowest BCUT2D eigenvalue weighted by Gasteiger charge is -2.06. The molecule has 2 rings (SSSR count). The third kappa shape index (κ3) is 2.86. The van der Waals surface area contributed by atoms with E-state index in [-0.39, 0.29) is 0 Å². The summed E-state index contributed by atoms with van der Waals surface area (Å²) in [6.45, 7) is 3.01. The summed E-state index contributed by atoms with van der Waals surface area (Å²) >= 11 is 2.32. The molecule has 0 aliphatic heterocycles. The molecule has 0 atom stereocenters. The summed E-state index contributed by atoms with van der Waals surface area (Å²) in [5, 5.41) is 0. The average molecular weight is 288 g/mol. The molecular weight excluding hydrogens is 275 g/mol. The van der Waals surface area contributed by atoms with Gasteiger partial charge >= 0.3 is 0 Å². The SMILES string of the molecule is Cc1cc(I)cc(OCC2CC2)c1. The maximum absolute atomic E-state index is 5.69. The highest BCUT2D eigenvalue weighted by Gasteiger charge is 2.21. The molecule has 0 spiro atoms. The highest BCUT2D eigenvalue weighted by atomic mass is 127. The first-order valence-corrected chi connectivity index (χ1v) is 5.72. The van der Waals surface area contributed by atoms with Crippen molar-refractivity contribution < 1.29 is 4.74 Å². The first-order chi connectivity index (χ1) is 6.24. The van der Waals surface area contributed by atoms with E-state index in [4.69, 9.17) is 4.74 Å². The number of rotatable bonds is 3. The molecule has 1 aromatic rings. The molecule has 13 heavy (non-hydrogen) atoms. The van der Waals surface area contributed by atoms with Crippen molar-refractivity contribution in [1.82, 2.24) is 0 Å². The van der Waals surface area contributed by atoms with Crippen LogP contribution in [0.2, 0.25) is 0 Å². The molecule has 1 fully saturated rings. The lowest BCUT2D eigenvalue weighted by atomic mass is 10.2. The van der Waals surface area contributed by atoms with E-state index in [9.17, 15) is 0 Å². The normalized spacial score (nSPS) is 15.8. The molecule has 1 saturated carbocycles. The molecule has 0 unspecified atom stereocenters. The van der Waals surface area contributed by atoms with Crippen molar-refractivity contribution in [2.24, 2.45) is 5.92 Å². The Hall–Kier alpha value is -0.250. The second-order valence-corrected chi connectivity index (χ2v) is 4.96. The number of aryl methyl sites for hydroxylation is 1. The number of halogens is 1. The molecule has 1 aliphatic carbocycles. The maximum Gasteiger partial charge on any atom is 0.120 e. The van der Waals surface area contributed by atoms with Crippen LogP contribution < -0.4 is 4.74 Å². The highest BCUT2D eigenvalue weighted by molar-refractivity contribution is 14.1. The second kappa shape index (κ2) is 3.86. The Morgan fingerprint density at radius 3 is 2.77 bits per heavy atom. The highest BCUT2D eigenvalue weighted by Crippen LogP contribution is 2.30. The molecule has 0 bridgehead atoms. The Kier molecular flexibility index (Phi) is 2.77. The zero-order valence-electron chi connectivity index (χ0n) is 7.72. The Morgan fingerprint density at radius 2 is 2.15 bits per heavy atom. The van der Waals surface area contributed by atoms with Crippen LogP contribution in [0.4, 0.5) is 0 Å². The van der Waals surface area contributed by atoms with Gasteiger partial charge in [-0.2, -0.15) is 0 Å². The van der Waals surface area contributed by atoms with Crippen molar-refractivity contribution in [1.29, 1.82) is 0 Å². The third-order valence-electron chi connectivity index (χ3n) is 2.20. The smallest absolute Gasteiger partial charge is 0.120 e. The quantitative estimate of drug-likeness (QED) is 0.775. The minimum Gasteiger partial charge on any atom is -0.493 e. The fraction of sp³-hybridized carbons (Fsp3) is 0.455. The van der Waals surface area contributed by atoms with Gasteiger partial charge in [0.25, 0.3) is 0 Å². The minimum absolute atomic E-state index is 0.832. The number of ether oxygens (including phenoxy) is 1. The van der Waals surface area contributed by atoms with E-state index in [2.05, 4.69) is 47.7 Å². The van der Waals surface area contributed by atoms with Crippen molar-refractivity contribution in [3.63, 3.8) is 0 Å². The lowest BCUT2D eigenvalue weighted by molar-refractivity contribution is 0.299. The monoisotopic (exact) mass is 288 g/mol. The number of benzene rings is 1. The van der Waals surface area contributed by atoms with Crippen LogP contribution in [-0.4, -0.2) is 6.61 Å². The minimum atomic E-state index is 0.832. The third-order valence-corrected chi connectivity index (χ3v) is 2.82. The van der Waals surface area contributed by atoms with Gasteiger partial charge in [-0.1, -0.05) is 0 Å². The van der Waals surface area contributed by atoms with Crippen LogP contribution in [0.15, 0.2) is 18.2 Å². The molecule has 0 amide bonds. The van der Waals surface area contributed by atoms with Gasteiger partial charge in [0.05, 0.1) is 6.61 Å². The van der Waals surface area contributed by atoms with Crippen LogP contribution in [0.3, 0.4) is 0 Å². The fourth-order valence-corrected chi connectivity index (χ4v) is 2.08. The van der Waals surface area contributed by atoms with Gasteiger partial charge in [0.2, 0.25) is 0 Å². The summed E-state index contributed by atoms with van der Waals surface area (Å²) in [7, 11) is 0. The molecule has 1 aliphatic rings. The van der Waals surface area contributed by atoms with Crippen LogP contribution >= 0.6 is 22.6 Å². The summed E-state index contributed by atoms with van der Waals surface area (Å²) in [6.07, 6.45) is 2.70. The van der Waals surface area contributed by atoms with Crippen molar-refractivity contribution in [2.75, 3.05) is 6.61 Å². The van der Waals surface area contributed by atoms with Gasteiger partial charge in [-0.3, -0.25) is 0 Å². The number of hydrogen-bond donors (Lipinski definition) is 0. The van der Waals surface area contributed by atoms with Crippen LogP contribution in [-0.2, 0) is 0 Å². The van der Waals surface area contributed by atoms with Gasteiger partial charge < -0.3 is 4.74 Å². The van der Waals surface area contributed by atoms with Gasteiger partial charge in [-0.15, -0.1) is 0 Å². The predicted molar refractivity (Wildman–Crippen MR) is 62.1 cm³/mol. The van der Waals surface area contributed by atoms with E-state index >= 15 is 0 Å². The van der Waals surface area contributed by atoms with Gasteiger partial charge in [0.15, 0.2) is 0 Å². The summed E-state index contributed by atoms with van der Waals surface area (Å²) in [5.41, 5.74) is 1.28. The molecule has 1 aromatic carbocycles. The molecule has 1 nitrogen and oxygen atoms in total. The fourth-order valence-electron chi connectivity index (χ4n) is 1.28. The van der Waals surface area contributed by atoms with Gasteiger partial charge in [0.1, 0.15) is 5.75 Å². The first kappa shape index (κ1) is 9.31. The number of hydrogen-bond acceptors (Lipinski definition) is 1. The van der Waals surface area contributed by atoms with Crippen molar-refractivity contribution in [3.05, 3.63) is 27.3 Å². The lowest BCUT2D eigenvalue weighted by Crippen LogP contribution is -1.99. The van der Waals surface area contributed by atoms with E-state index in [1.54, 1.807) is 0 Å². The van der Waals surface area contributed by atoms with Crippen molar-refractivity contribution >= 4 is 22.6 Å². The summed E-state index contributed by atoms with van der Waals surface area (Å²) in [6, 6.07) is 6.35. The Morgan fingerprint density at radius 1 is 1.38 bits per heavy atom. The Bertz CT molecular complexity index is 285. The van der Waals surface area contributed by atoms with Crippen LogP contribution in [0.5, 0.6) is 5.75 Å². The zero-order valence-corrected chi connectivity index (χ0v) is 9.87. The van der Waals surface area contributed by atoms with E-state index < -0.39 is 0 Å². The van der Waals surface area contributed by atoms with E-state index in [1.807, 2.05) is 0 Å². The van der Waals surface area contributed by atoms with Gasteiger partial charge in [-0.05, 0) is 72.0 Å². The van der Waals surface area contributed by atoms with E-state index in [0.717, 1.165) is 18.3 Å². The standard InChI is InChI=1S/C11H13IO/c1-8-4-10(12)6-11(5-8)13-7-9-2-3-9/h4-6,9H,2-3,7H2,1H3. The second-order valence-electron chi connectivity index (χ2n) is 3.72. The Labute approximate surface area is 92.6 Å². The van der Waals surface area contributed by atoms with Crippen molar-refractivity contribution in [2.45, 2.75) is 19.8 Å². The van der Waals surface area contributed by atoms with Gasteiger partial charge in [0, 0.05) is 3.57 Å². The van der Waals surface area contributed by atoms with Crippen LogP contribution in [0.25, 0.3) is 0 Å². The summed E-state index contributed by atoms with van der Waals surface area (Å²) in [4.78, 5) is 0. The largest absolute Gasteiger partial charge is 0.493 e. The summed E-state index contributed by atoms with van der Waals surface area (Å²) in [5.74, 6) is 1.86. The van der Waals surface area contributed by atoms with E-state index in [0.29, 0.717) is 0 Å². The molecular formula is C11H13IO. The molecule has 0 radical (unpaired) electrons. The molecule has 2 heteroatoms. The van der Waals surface area contributed by atoms with Crippen LogP contribution in [0, 0.1) is 16.4 Å². The average Bonchev–Trinajstić information content (AvgIpc) is 2.81. The van der Waals surface area contributed by atoms with Gasteiger partial charge in [-0.25, -0.2) is 0 Å². The maximum atomic E-state index is 5.69. The Balaban J connectivity index is 2.01. The molecule has 70 valence electrons.